The van der Waals surface area contributed by atoms with Crippen molar-refractivity contribution in [2.75, 3.05) is 5.73 Å². The molecule has 0 spiro atoms. The van der Waals surface area contributed by atoms with Crippen molar-refractivity contribution in [1.82, 2.24) is 0 Å². The van der Waals surface area contributed by atoms with Gasteiger partial charge >= 0.3 is 0 Å². The van der Waals surface area contributed by atoms with Crippen molar-refractivity contribution in [2.24, 2.45) is 5.92 Å². The summed E-state index contributed by atoms with van der Waals surface area (Å²) in [5, 5.41) is 0. The summed E-state index contributed by atoms with van der Waals surface area (Å²) >= 11 is 0. The Balaban J connectivity index is 1.78. The normalized spacial score (nSPS) is 16.8. The molecule has 0 aliphatic heterocycles. The Morgan fingerprint density at radius 1 is 1.08 bits per heavy atom. The summed E-state index contributed by atoms with van der Waals surface area (Å²) in [6, 6.07) is 6.31. The van der Waals surface area contributed by atoms with E-state index >= 15 is 0 Å². The Bertz CT molecular complexity index is 533. The minimum atomic E-state index is 0.0666. The molecule has 1 saturated carbocycles. The van der Waals surface area contributed by atoms with Crippen LogP contribution in [0.4, 0.5) is 5.69 Å². The minimum Gasteiger partial charge on any atom is -0.398 e. The molecule has 24 heavy (non-hydrogen) atoms. The molecule has 2 rings (SSSR count). The minimum absolute atomic E-state index is 0.0666. The number of nitrogens with two attached hydrogens (primary N) is 1. The molecule has 1 fully saturated rings. The van der Waals surface area contributed by atoms with Crippen molar-refractivity contribution in [1.29, 1.82) is 0 Å². The highest BCUT2D eigenvalue weighted by Crippen LogP contribution is 2.29. The number of rotatable bonds is 6. The molecule has 0 radical (unpaired) electrons. The molecule has 1 aromatic carbocycles. The third-order valence-corrected chi connectivity index (χ3v) is 5.42. The van der Waals surface area contributed by atoms with Crippen molar-refractivity contribution < 1.29 is 4.79 Å². The van der Waals surface area contributed by atoms with Gasteiger partial charge in [-0.15, -0.1) is 0 Å². The summed E-state index contributed by atoms with van der Waals surface area (Å²) in [6.07, 6.45) is 11.5. The lowest BCUT2D eigenvalue weighted by Crippen LogP contribution is -2.14. The SMILES string of the molecule is CC(C)(C)c1ccc(CCC(=O)CCC2CCCCCC2)cc1N. The van der Waals surface area contributed by atoms with E-state index in [0.717, 1.165) is 30.9 Å². The predicted octanol–water partition coefficient (Wildman–Crippen LogP) is 5.82. The van der Waals surface area contributed by atoms with Crippen LogP contribution in [-0.4, -0.2) is 5.78 Å². The summed E-state index contributed by atoms with van der Waals surface area (Å²) in [7, 11) is 0. The maximum Gasteiger partial charge on any atom is 0.133 e. The van der Waals surface area contributed by atoms with Gasteiger partial charge in [0.1, 0.15) is 5.78 Å². The number of benzene rings is 1. The van der Waals surface area contributed by atoms with E-state index in [2.05, 4.69) is 39.0 Å². The zero-order chi connectivity index (χ0) is 17.6. The highest BCUT2D eigenvalue weighted by Gasteiger charge is 2.17. The van der Waals surface area contributed by atoms with Crippen LogP contribution in [-0.2, 0) is 16.6 Å². The van der Waals surface area contributed by atoms with E-state index < -0.39 is 0 Å². The summed E-state index contributed by atoms with van der Waals surface area (Å²) in [5.74, 6) is 1.20. The highest BCUT2D eigenvalue weighted by atomic mass is 16.1. The van der Waals surface area contributed by atoms with Gasteiger partial charge in [-0.1, -0.05) is 71.4 Å². The van der Waals surface area contributed by atoms with Crippen LogP contribution in [0.2, 0.25) is 0 Å². The molecular weight excluding hydrogens is 294 g/mol. The monoisotopic (exact) mass is 329 g/mol. The molecule has 2 heteroatoms. The Morgan fingerprint density at radius 3 is 2.33 bits per heavy atom. The molecule has 1 aromatic rings. The van der Waals surface area contributed by atoms with Crippen LogP contribution in [0.3, 0.4) is 0 Å². The van der Waals surface area contributed by atoms with Gasteiger partial charge in [0, 0.05) is 18.5 Å². The van der Waals surface area contributed by atoms with E-state index in [0.29, 0.717) is 12.2 Å². The number of ketones is 1. The number of carbonyl (C=O) groups is 1. The average Bonchev–Trinajstić information content (AvgIpc) is 2.78. The van der Waals surface area contributed by atoms with Gasteiger partial charge in [0.2, 0.25) is 0 Å². The molecule has 1 aliphatic carbocycles. The van der Waals surface area contributed by atoms with Crippen molar-refractivity contribution in [3.05, 3.63) is 29.3 Å². The van der Waals surface area contributed by atoms with Gasteiger partial charge < -0.3 is 5.73 Å². The van der Waals surface area contributed by atoms with Crippen molar-refractivity contribution in [3.8, 4) is 0 Å². The first-order valence-electron chi connectivity index (χ1n) is 9.77. The predicted molar refractivity (Wildman–Crippen MR) is 103 cm³/mol. The number of anilines is 1. The molecule has 2 nitrogen and oxygen atoms in total. The summed E-state index contributed by atoms with van der Waals surface area (Å²) in [6.45, 7) is 6.53. The molecule has 0 atom stereocenters. The van der Waals surface area contributed by atoms with E-state index in [1.54, 1.807) is 0 Å². The summed E-state index contributed by atoms with van der Waals surface area (Å²) in [4.78, 5) is 12.2. The van der Waals surface area contributed by atoms with Crippen LogP contribution in [0, 0.1) is 5.92 Å². The first-order valence-corrected chi connectivity index (χ1v) is 9.77. The largest absolute Gasteiger partial charge is 0.398 e. The molecule has 0 amide bonds. The molecule has 0 aromatic heterocycles. The first-order chi connectivity index (χ1) is 11.4. The maximum atomic E-state index is 12.2. The zero-order valence-corrected chi connectivity index (χ0v) is 15.9. The van der Waals surface area contributed by atoms with Crippen LogP contribution in [0.25, 0.3) is 0 Å². The van der Waals surface area contributed by atoms with Gasteiger partial charge in [0.05, 0.1) is 0 Å². The van der Waals surface area contributed by atoms with Crippen molar-refractivity contribution >= 4 is 11.5 Å². The van der Waals surface area contributed by atoms with Crippen LogP contribution < -0.4 is 5.73 Å². The Kier molecular flexibility index (Phi) is 6.89. The summed E-state index contributed by atoms with van der Waals surface area (Å²) < 4.78 is 0. The second-order valence-electron chi connectivity index (χ2n) is 8.61. The zero-order valence-electron chi connectivity index (χ0n) is 15.9. The number of nitrogen functional groups attached to an aromatic ring is 1. The molecule has 0 heterocycles. The van der Waals surface area contributed by atoms with E-state index in [1.807, 2.05) is 0 Å². The molecule has 134 valence electrons. The number of hydrogen-bond acceptors (Lipinski definition) is 2. The second-order valence-corrected chi connectivity index (χ2v) is 8.61. The van der Waals surface area contributed by atoms with E-state index in [1.165, 1.54) is 49.7 Å². The second kappa shape index (κ2) is 8.69. The fourth-order valence-electron chi connectivity index (χ4n) is 3.88. The lowest BCUT2D eigenvalue weighted by molar-refractivity contribution is -0.119. The molecule has 0 saturated heterocycles. The van der Waals surface area contributed by atoms with Gasteiger partial charge in [0.15, 0.2) is 0 Å². The van der Waals surface area contributed by atoms with Gasteiger partial charge in [0.25, 0.3) is 0 Å². The number of carbonyl (C=O) groups excluding carboxylic acids is 1. The Morgan fingerprint density at radius 2 is 1.75 bits per heavy atom. The quantitative estimate of drug-likeness (QED) is 0.528. The topological polar surface area (TPSA) is 43.1 Å². The first kappa shape index (κ1) is 19.0. The summed E-state index contributed by atoms with van der Waals surface area (Å²) in [5.41, 5.74) is 9.49. The Hall–Kier alpha value is -1.31. The van der Waals surface area contributed by atoms with E-state index in [4.69, 9.17) is 5.73 Å². The number of Topliss-reactive ketones (excluding diaryl/α,β-unsaturated/α-hetero) is 1. The van der Waals surface area contributed by atoms with Crippen LogP contribution in [0.1, 0.15) is 89.7 Å². The molecule has 1 aliphatic rings. The number of aryl methyl sites for hydroxylation is 1. The van der Waals surface area contributed by atoms with Gasteiger partial charge in [-0.2, -0.15) is 0 Å². The van der Waals surface area contributed by atoms with E-state index in [-0.39, 0.29) is 5.41 Å². The molecule has 2 N–H and O–H groups in total. The Labute approximate surface area is 148 Å². The van der Waals surface area contributed by atoms with Crippen LogP contribution >= 0.6 is 0 Å². The van der Waals surface area contributed by atoms with Gasteiger partial charge in [-0.25, -0.2) is 0 Å². The molecular formula is C22H35NO. The van der Waals surface area contributed by atoms with Gasteiger partial charge in [-0.05, 0) is 41.4 Å². The highest BCUT2D eigenvalue weighted by molar-refractivity contribution is 5.78. The smallest absolute Gasteiger partial charge is 0.133 e. The number of hydrogen-bond donors (Lipinski definition) is 1. The third-order valence-electron chi connectivity index (χ3n) is 5.42. The third kappa shape index (κ3) is 5.96. The van der Waals surface area contributed by atoms with E-state index in [9.17, 15) is 4.79 Å². The lowest BCUT2D eigenvalue weighted by atomic mass is 9.85. The molecule has 0 bridgehead atoms. The average molecular weight is 330 g/mol. The standard InChI is InChI=1S/C22H35NO/c1-22(2,3)20-15-12-18(16-21(20)23)11-14-19(24)13-10-17-8-6-4-5-7-9-17/h12,15-17H,4-11,13-14,23H2,1-3H3. The maximum absolute atomic E-state index is 12.2. The van der Waals surface area contributed by atoms with Gasteiger partial charge in [-0.3, -0.25) is 4.79 Å². The fraction of sp³-hybridized carbons (Fsp3) is 0.682. The van der Waals surface area contributed by atoms with Crippen molar-refractivity contribution in [3.63, 3.8) is 0 Å². The lowest BCUT2D eigenvalue weighted by Gasteiger charge is -2.21. The van der Waals surface area contributed by atoms with Crippen molar-refractivity contribution in [2.45, 2.75) is 90.4 Å². The molecule has 0 unspecified atom stereocenters. The fourth-order valence-corrected chi connectivity index (χ4v) is 3.88. The van der Waals surface area contributed by atoms with Crippen LogP contribution in [0.5, 0.6) is 0 Å². The van der Waals surface area contributed by atoms with Crippen LogP contribution in [0.15, 0.2) is 18.2 Å².